The lowest BCUT2D eigenvalue weighted by molar-refractivity contribution is -0.369. The minimum atomic E-state index is -0.356. The van der Waals surface area contributed by atoms with Crippen molar-refractivity contribution in [1.82, 2.24) is 0 Å². The van der Waals surface area contributed by atoms with Crippen LogP contribution in [-0.2, 0) is 4.79 Å². The predicted molar refractivity (Wildman–Crippen MR) is 38.5 cm³/mol. The molecule has 11 heavy (non-hydrogen) atoms. The van der Waals surface area contributed by atoms with Crippen LogP contribution in [0, 0.1) is 0 Å². The standard InChI is InChI=1S/C5H3N5O/c6-5-9-3-2(4(11)10-5)7-1-8-3/h1H,(H2,6,10,11)/p+1. The van der Waals surface area contributed by atoms with Gasteiger partial charge in [0.2, 0.25) is 5.71 Å². The molecule has 0 aromatic rings. The number of nitrogens with two attached hydrogens (primary N) is 1. The number of hydrogen-bond donors (Lipinski definition) is 2. The molecule has 0 spiro atoms. The Morgan fingerprint density at radius 3 is 3.18 bits per heavy atom. The lowest BCUT2D eigenvalue weighted by Gasteiger charge is -1.95. The van der Waals surface area contributed by atoms with Gasteiger partial charge in [-0.2, -0.15) is 4.99 Å². The second kappa shape index (κ2) is 1.82. The van der Waals surface area contributed by atoms with E-state index in [4.69, 9.17) is 5.73 Å². The molecule has 0 fully saturated rings. The van der Waals surface area contributed by atoms with Gasteiger partial charge in [-0.25, -0.2) is 14.8 Å². The Morgan fingerprint density at radius 2 is 2.36 bits per heavy atom. The highest BCUT2D eigenvalue weighted by atomic mass is 16.1. The summed E-state index contributed by atoms with van der Waals surface area (Å²) in [6, 6.07) is 0. The first-order valence-corrected chi connectivity index (χ1v) is 2.90. The number of nitrogens with one attached hydrogen (secondary N) is 1. The van der Waals surface area contributed by atoms with Crippen LogP contribution in [0.15, 0.2) is 15.0 Å². The van der Waals surface area contributed by atoms with E-state index in [2.05, 4.69) is 20.0 Å². The van der Waals surface area contributed by atoms with Crippen LogP contribution in [0.1, 0.15) is 0 Å². The van der Waals surface area contributed by atoms with Crippen molar-refractivity contribution in [3.63, 3.8) is 0 Å². The van der Waals surface area contributed by atoms with Crippen LogP contribution in [0.5, 0.6) is 0 Å². The largest absolute Gasteiger partial charge is 0.392 e. The van der Waals surface area contributed by atoms with E-state index in [1.165, 1.54) is 6.34 Å². The van der Waals surface area contributed by atoms with Gasteiger partial charge in [0.15, 0.2) is 0 Å². The van der Waals surface area contributed by atoms with Gasteiger partial charge in [0.05, 0.1) is 0 Å². The molecule has 6 nitrogen and oxygen atoms in total. The van der Waals surface area contributed by atoms with Gasteiger partial charge in [0.25, 0.3) is 5.84 Å². The van der Waals surface area contributed by atoms with Crippen molar-refractivity contribution < 1.29 is 9.79 Å². The summed E-state index contributed by atoms with van der Waals surface area (Å²) in [7, 11) is 0. The molecule has 2 rings (SSSR count). The number of hydrogen-bond acceptors (Lipinski definition) is 5. The quantitative estimate of drug-likeness (QED) is 0.380. The maximum atomic E-state index is 11.0. The molecule has 0 unspecified atom stereocenters. The number of guanidine groups is 1. The highest BCUT2D eigenvalue weighted by molar-refractivity contribution is 6.68. The van der Waals surface area contributed by atoms with Gasteiger partial charge in [-0.3, -0.25) is 5.73 Å². The third kappa shape index (κ3) is 0.759. The molecule has 0 saturated heterocycles. The average Bonchev–Trinajstić information content (AvgIpc) is 2.34. The first-order chi connectivity index (χ1) is 5.27. The Labute approximate surface area is 61.3 Å². The van der Waals surface area contributed by atoms with Crippen molar-refractivity contribution in [1.29, 1.82) is 0 Å². The normalized spacial score (nSPS) is 20.7. The third-order valence-electron chi connectivity index (χ3n) is 1.26. The summed E-state index contributed by atoms with van der Waals surface area (Å²) in [6.07, 6.45) is 1.27. The molecule has 0 atom stereocenters. The summed E-state index contributed by atoms with van der Waals surface area (Å²) in [5, 5.41) is 0. The molecule has 0 aromatic carbocycles. The van der Waals surface area contributed by atoms with Crippen molar-refractivity contribution in [2.75, 3.05) is 0 Å². The Morgan fingerprint density at radius 1 is 1.55 bits per heavy atom. The number of rotatable bonds is 0. The lowest BCUT2D eigenvalue weighted by Crippen LogP contribution is -2.83. The Bertz CT molecular complexity index is 348. The zero-order valence-electron chi connectivity index (χ0n) is 5.40. The Hall–Kier alpha value is -1.85. The van der Waals surface area contributed by atoms with Gasteiger partial charge in [-0.05, 0) is 4.99 Å². The zero-order valence-corrected chi connectivity index (χ0v) is 5.40. The molecule has 2 heterocycles. The first kappa shape index (κ1) is 5.90. The van der Waals surface area contributed by atoms with Crippen molar-refractivity contribution in [2.24, 2.45) is 20.7 Å². The van der Waals surface area contributed by atoms with Crippen LogP contribution in [0.2, 0.25) is 0 Å². The SMILES string of the molecule is NC1=[NH+]C(=O)C2=NC=NC2=N1. The minimum absolute atomic E-state index is 0.0583. The van der Waals surface area contributed by atoms with Crippen LogP contribution in [0.25, 0.3) is 0 Å². The fraction of sp³-hybridized carbons (Fsp3) is 0. The molecule has 2 aliphatic rings. The third-order valence-corrected chi connectivity index (χ3v) is 1.26. The molecular formula is C5H4N5O+. The van der Waals surface area contributed by atoms with E-state index < -0.39 is 0 Å². The molecule has 0 bridgehead atoms. The van der Waals surface area contributed by atoms with Gasteiger partial charge in [0, 0.05) is 0 Å². The monoisotopic (exact) mass is 150 g/mol. The van der Waals surface area contributed by atoms with Crippen molar-refractivity contribution in [3.05, 3.63) is 0 Å². The summed E-state index contributed by atoms with van der Waals surface area (Å²) in [5.74, 6) is -0.0146. The van der Waals surface area contributed by atoms with E-state index in [-0.39, 0.29) is 23.4 Å². The molecule has 0 radical (unpaired) electrons. The number of carbonyl (C=O) groups excluding carboxylic acids is 1. The fourth-order valence-corrected chi connectivity index (χ4v) is 0.820. The molecule has 2 aliphatic heterocycles. The summed E-state index contributed by atoms with van der Waals surface area (Å²) < 4.78 is 0. The summed E-state index contributed by atoms with van der Waals surface area (Å²) in [5.41, 5.74) is 5.47. The molecule has 6 heteroatoms. The second-order valence-electron chi connectivity index (χ2n) is 2.00. The minimum Gasteiger partial charge on any atom is -0.287 e. The maximum Gasteiger partial charge on any atom is 0.392 e. The molecule has 54 valence electrons. The van der Waals surface area contributed by atoms with Crippen molar-refractivity contribution in [3.8, 4) is 0 Å². The van der Waals surface area contributed by atoms with E-state index in [0.717, 1.165) is 0 Å². The van der Waals surface area contributed by atoms with E-state index in [1.807, 2.05) is 0 Å². The van der Waals surface area contributed by atoms with E-state index in [9.17, 15) is 4.79 Å². The smallest absolute Gasteiger partial charge is 0.287 e. The summed E-state index contributed by atoms with van der Waals surface area (Å²) in [6.45, 7) is 0. The molecule has 1 amide bonds. The Kier molecular flexibility index (Phi) is 0.974. The number of nitrogens with zero attached hydrogens (tertiary/aromatic N) is 3. The van der Waals surface area contributed by atoms with Gasteiger partial charge in [0.1, 0.15) is 6.34 Å². The zero-order chi connectivity index (χ0) is 7.84. The van der Waals surface area contributed by atoms with Gasteiger partial charge >= 0.3 is 11.9 Å². The van der Waals surface area contributed by atoms with E-state index >= 15 is 0 Å². The summed E-state index contributed by atoms with van der Waals surface area (Å²) >= 11 is 0. The van der Waals surface area contributed by atoms with Gasteiger partial charge in [-0.1, -0.05) is 0 Å². The molecule has 0 aromatic heterocycles. The van der Waals surface area contributed by atoms with E-state index in [1.54, 1.807) is 0 Å². The van der Waals surface area contributed by atoms with Crippen LogP contribution in [0.3, 0.4) is 0 Å². The fourth-order valence-electron chi connectivity index (χ4n) is 0.820. The van der Waals surface area contributed by atoms with Crippen molar-refractivity contribution >= 4 is 29.8 Å². The summed E-state index contributed by atoms with van der Waals surface area (Å²) in [4.78, 5) is 24.4. The Balaban J connectivity index is 2.54. The topological polar surface area (TPSA) is 94.1 Å². The second-order valence-corrected chi connectivity index (χ2v) is 2.00. The number of fused-ring (bicyclic) bond motifs is 1. The maximum absolute atomic E-state index is 11.0. The number of aliphatic imine (C=N–C) groups is 3. The van der Waals surface area contributed by atoms with Crippen LogP contribution in [-0.4, -0.2) is 29.8 Å². The van der Waals surface area contributed by atoms with Crippen molar-refractivity contribution in [2.45, 2.75) is 0 Å². The number of amides is 1. The van der Waals surface area contributed by atoms with Crippen LogP contribution < -0.4 is 10.7 Å². The first-order valence-electron chi connectivity index (χ1n) is 2.90. The molecule has 3 N–H and O–H groups in total. The molecule has 0 aliphatic carbocycles. The number of carbonyl (C=O) groups is 1. The van der Waals surface area contributed by atoms with Crippen LogP contribution in [0.4, 0.5) is 0 Å². The van der Waals surface area contributed by atoms with Gasteiger partial charge in [-0.15, -0.1) is 0 Å². The predicted octanol–water partition coefficient (Wildman–Crippen LogP) is -3.20. The van der Waals surface area contributed by atoms with Gasteiger partial charge < -0.3 is 0 Å². The van der Waals surface area contributed by atoms with E-state index in [0.29, 0.717) is 0 Å². The van der Waals surface area contributed by atoms with Crippen LogP contribution >= 0.6 is 0 Å². The molecule has 0 saturated carbocycles. The average molecular weight is 150 g/mol. The lowest BCUT2D eigenvalue weighted by atomic mass is 10.3. The highest BCUT2D eigenvalue weighted by Gasteiger charge is 2.29. The molecular weight excluding hydrogens is 146 g/mol. The highest BCUT2D eigenvalue weighted by Crippen LogP contribution is 1.94. The number of amidine groups is 1.